The summed E-state index contributed by atoms with van der Waals surface area (Å²) in [4.78, 5) is 10.7. The van der Waals surface area contributed by atoms with Crippen LogP contribution in [-0.4, -0.2) is 31.6 Å². The van der Waals surface area contributed by atoms with E-state index >= 15 is 0 Å². The molecule has 0 aliphatic rings. The van der Waals surface area contributed by atoms with Crippen LogP contribution in [0.15, 0.2) is 36.0 Å². The zero-order valence-electron chi connectivity index (χ0n) is 11.9. The molecular formula is C14H13Cl2N3O3S. The number of aromatic nitrogens is 3. The van der Waals surface area contributed by atoms with Gasteiger partial charge in [0.25, 0.3) is 0 Å². The molecule has 1 heterocycles. The fourth-order valence-corrected chi connectivity index (χ4v) is 2.72. The van der Waals surface area contributed by atoms with E-state index in [-0.39, 0.29) is 12.4 Å². The Morgan fingerprint density at radius 2 is 2.22 bits per heavy atom. The molecule has 2 rings (SSSR count). The van der Waals surface area contributed by atoms with Crippen molar-refractivity contribution in [3.63, 3.8) is 0 Å². The van der Waals surface area contributed by atoms with Gasteiger partial charge in [0.05, 0.1) is 10.8 Å². The van der Waals surface area contributed by atoms with Gasteiger partial charge in [0.15, 0.2) is 11.0 Å². The van der Waals surface area contributed by atoms with Crippen LogP contribution in [0.2, 0.25) is 10.0 Å². The number of hydrogen-bond acceptors (Lipinski definition) is 5. The van der Waals surface area contributed by atoms with Crippen LogP contribution in [0.25, 0.3) is 0 Å². The first-order valence-corrected chi connectivity index (χ1v) is 8.21. The minimum atomic E-state index is -0.924. The predicted octanol–water partition coefficient (Wildman–Crippen LogP) is 3.53. The number of carbonyl (C=O) groups is 1. The van der Waals surface area contributed by atoms with Crippen LogP contribution in [0.3, 0.4) is 0 Å². The van der Waals surface area contributed by atoms with Gasteiger partial charge in [-0.05, 0) is 12.1 Å². The molecule has 0 saturated heterocycles. The number of rotatable bonds is 8. The van der Waals surface area contributed by atoms with Crippen molar-refractivity contribution in [2.24, 2.45) is 0 Å². The predicted molar refractivity (Wildman–Crippen MR) is 89.4 cm³/mol. The molecule has 23 heavy (non-hydrogen) atoms. The fourth-order valence-electron chi connectivity index (χ4n) is 1.70. The van der Waals surface area contributed by atoms with E-state index in [4.69, 9.17) is 33.0 Å². The third-order valence-corrected chi connectivity index (χ3v) is 4.18. The Bertz CT molecular complexity index is 721. The summed E-state index contributed by atoms with van der Waals surface area (Å²) in [6.07, 6.45) is 1.67. The number of thioether (sulfide) groups is 1. The molecule has 6 nitrogen and oxygen atoms in total. The zero-order chi connectivity index (χ0) is 16.8. The van der Waals surface area contributed by atoms with Crippen molar-refractivity contribution in [3.05, 3.63) is 46.7 Å². The first-order valence-electron chi connectivity index (χ1n) is 6.46. The Hall–Kier alpha value is -1.70. The molecule has 9 heteroatoms. The number of benzene rings is 1. The van der Waals surface area contributed by atoms with Gasteiger partial charge in [-0.3, -0.25) is 9.36 Å². The number of nitrogens with zero attached hydrogens (tertiary/aromatic N) is 3. The SMILES string of the molecule is C=CCn1c(COc2cc(Cl)ccc2Cl)nnc1SCC(=O)O. The maximum Gasteiger partial charge on any atom is 0.313 e. The summed E-state index contributed by atoms with van der Waals surface area (Å²) in [7, 11) is 0. The smallest absolute Gasteiger partial charge is 0.313 e. The third kappa shape index (κ3) is 4.89. The van der Waals surface area contributed by atoms with E-state index < -0.39 is 5.97 Å². The lowest BCUT2D eigenvalue weighted by Gasteiger charge is -2.10. The fraction of sp³-hybridized carbons (Fsp3) is 0.214. The molecule has 0 aliphatic carbocycles. The van der Waals surface area contributed by atoms with E-state index in [1.54, 1.807) is 28.8 Å². The van der Waals surface area contributed by atoms with Crippen molar-refractivity contribution in [2.75, 3.05) is 5.75 Å². The topological polar surface area (TPSA) is 77.2 Å². The van der Waals surface area contributed by atoms with Gasteiger partial charge in [-0.1, -0.05) is 41.0 Å². The number of carboxylic acids is 1. The number of hydrogen-bond donors (Lipinski definition) is 1. The van der Waals surface area contributed by atoms with E-state index in [2.05, 4.69) is 16.8 Å². The van der Waals surface area contributed by atoms with Crippen LogP contribution >= 0.6 is 35.0 Å². The lowest BCUT2D eigenvalue weighted by atomic mass is 10.3. The van der Waals surface area contributed by atoms with Crippen molar-refractivity contribution in [2.45, 2.75) is 18.3 Å². The first-order chi connectivity index (χ1) is 11.0. The normalized spacial score (nSPS) is 10.5. The number of halogens is 2. The Kier molecular flexibility index (Phi) is 6.32. The van der Waals surface area contributed by atoms with Crippen LogP contribution in [0.5, 0.6) is 5.75 Å². The van der Waals surface area contributed by atoms with Gasteiger partial charge in [-0.15, -0.1) is 16.8 Å². The van der Waals surface area contributed by atoms with E-state index in [0.717, 1.165) is 11.8 Å². The second-order valence-corrected chi connectivity index (χ2v) is 6.13. The van der Waals surface area contributed by atoms with Crippen LogP contribution in [-0.2, 0) is 17.9 Å². The number of carboxylic acid groups (broad SMARTS) is 1. The molecule has 0 bridgehead atoms. The molecular weight excluding hydrogens is 361 g/mol. The molecule has 1 N–H and O–H groups in total. The highest BCUT2D eigenvalue weighted by atomic mass is 35.5. The van der Waals surface area contributed by atoms with Gasteiger partial charge in [-0.25, -0.2) is 0 Å². The molecule has 0 aliphatic heterocycles. The van der Waals surface area contributed by atoms with Crippen molar-refractivity contribution >= 4 is 40.9 Å². The van der Waals surface area contributed by atoms with Crippen LogP contribution in [0, 0.1) is 0 Å². The van der Waals surface area contributed by atoms with Crippen LogP contribution < -0.4 is 4.74 Å². The molecule has 0 amide bonds. The summed E-state index contributed by atoms with van der Waals surface area (Å²) in [5.41, 5.74) is 0. The van der Waals surface area contributed by atoms with E-state index in [1.165, 1.54) is 0 Å². The second kappa shape index (κ2) is 8.24. The average molecular weight is 374 g/mol. The summed E-state index contributed by atoms with van der Waals surface area (Å²) < 4.78 is 7.37. The highest BCUT2D eigenvalue weighted by Gasteiger charge is 2.14. The number of ether oxygens (including phenoxy) is 1. The Morgan fingerprint density at radius 1 is 1.43 bits per heavy atom. The largest absolute Gasteiger partial charge is 0.484 e. The standard InChI is InChI=1S/C14H13Cl2N3O3S/c1-2-5-19-12(17-18-14(19)23-8-13(20)21)7-22-11-6-9(15)3-4-10(11)16/h2-4,6H,1,5,7-8H2,(H,20,21). The molecule has 0 fully saturated rings. The van der Waals surface area contributed by atoms with Crippen molar-refractivity contribution in [3.8, 4) is 5.75 Å². The van der Waals surface area contributed by atoms with Gasteiger partial charge in [0.1, 0.15) is 12.4 Å². The Morgan fingerprint density at radius 3 is 2.91 bits per heavy atom. The summed E-state index contributed by atoms with van der Waals surface area (Å²) in [6.45, 7) is 4.24. The average Bonchev–Trinajstić information content (AvgIpc) is 2.89. The molecule has 0 atom stereocenters. The third-order valence-electron chi connectivity index (χ3n) is 2.68. The zero-order valence-corrected chi connectivity index (χ0v) is 14.2. The maximum atomic E-state index is 10.7. The van der Waals surface area contributed by atoms with Gasteiger partial charge < -0.3 is 9.84 Å². The maximum absolute atomic E-state index is 10.7. The van der Waals surface area contributed by atoms with Crippen LogP contribution in [0.1, 0.15) is 5.82 Å². The van der Waals surface area contributed by atoms with E-state index in [1.807, 2.05) is 0 Å². The van der Waals surface area contributed by atoms with Crippen molar-refractivity contribution in [1.82, 2.24) is 14.8 Å². The Balaban J connectivity index is 2.14. The quantitative estimate of drug-likeness (QED) is 0.563. The number of aliphatic carboxylic acids is 1. The Labute approximate surface area is 147 Å². The molecule has 0 saturated carbocycles. The van der Waals surface area contributed by atoms with Gasteiger partial charge >= 0.3 is 5.97 Å². The van der Waals surface area contributed by atoms with Gasteiger partial charge in [0.2, 0.25) is 0 Å². The van der Waals surface area contributed by atoms with E-state index in [0.29, 0.717) is 33.3 Å². The first kappa shape index (κ1) is 17.7. The minimum Gasteiger partial charge on any atom is -0.484 e. The molecule has 0 unspecified atom stereocenters. The minimum absolute atomic E-state index is 0.101. The highest BCUT2D eigenvalue weighted by Crippen LogP contribution is 2.28. The lowest BCUT2D eigenvalue weighted by Crippen LogP contribution is -2.08. The summed E-state index contributed by atoms with van der Waals surface area (Å²) in [6, 6.07) is 4.91. The van der Waals surface area contributed by atoms with Gasteiger partial charge in [0, 0.05) is 17.6 Å². The molecule has 0 spiro atoms. The second-order valence-electron chi connectivity index (χ2n) is 4.34. The van der Waals surface area contributed by atoms with E-state index in [9.17, 15) is 4.79 Å². The number of allylic oxidation sites excluding steroid dienone is 1. The summed E-state index contributed by atoms with van der Waals surface area (Å²) in [5, 5.41) is 18.2. The summed E-state index contributed by atoms with van der Waals surface area (Å²) in [5.74, 6) is -0.0523. The molecule has 1 aromatic heterocycles. The van der Waals surface area contributed by atoms with Gasteiger partial charge in [-0.2, -0.15) is 0 Å². The molecule has 122 valence electrons. The van der Waals surface area contributed by atoms with Crippen molar-refractivity contribution < 1.29 is 14.6 Å². The molecule has 0 radical (unpaired) electrons. The van der Waals surface area contributed by atoms with Crippen molar-refractivity contribution in [1.29, 1.82) is 0 Å². The molecule has 2 aromatic rings. The van der Waals surface area contributed by atoms with Crippen LogP contribution in [0.4, 0.5) is 0 Å². The molecule has 1 aromatic carbocycles. The lowest BCUT2D eigenvalue weighted by molar-refractivity contribution is -0.133. The highest BCUT2D eigenvalue weighted by molar-refractivity contribution is 7.99. The summed E-state index contributed by atoms with van der Waals surface area (Å²) >= 11 is 13.0. The monoisotopic (exact) mass is 373 g/mol.